The predicted molar refractivity (Wildman–Crippen MR) is 94.9 cm³/mol. The summed E-state index contributed by atoms with van der Waals surface area (Å²) >= 11 is 5.95. The van der Waals surface area contributed by atoms with Gasteiger partial charge in [-0.1, -0.05) is 22.9 Å². The van der Waals surface area contributed by atoms with Crippen LogP contribution in [0.3, 0.4) is 0 Å². The summed E-state index contributed by atoms with van der Waals surface area (Å²) in [5, 5.41) is 3.42. The number of likely N-dealkylation sites (N-methyl/N-ethyl adjacent to an activating group) is 1. The Hall–Kier alpha value is -0.400. The second-order valence-corrected chi connectivity index (χ2v) is 6.83. The van der Waals surface area contributed by atoms with E-state index in [-0.39, 0.29) is 6.04 Å². The summed E-state index contributed by atoms with van der Waals surface area (Å²) in [5.74, 6) is 1.14. The van der Waals surface area contributed by atoms with Crippen LogP contribution in [0, 0.1) is 3.57 Å². The predicted octanol–water partition coefficient (Wildman–Crippen LogP) is 4.16. The third kappa shape index (κ3) is 3.83. The molecular formula is C15H19BrIN3. The number of aryl methyl sites for hydroxylation is 1. The van der Waals surface area contributed by atoms with Crippen LogP contribution in [0.4, 0.5) is 0 Å². The van der Waals surface area contributed by atoms with Gasteiger partial charge in [0.05, 0.1) is 0 Å². The normalized spacial score (nSPS) is 12.6. The number of nitrogens with one attached hydrogen (secondary N) is 1. The highest BCUT2D eigenvalue weighted by Gasteiger charge is 2.16. The van der Waals surface area contributed by atoms with E-state index in [9.17, 15) is 0 Å². The maximum absolute atomic E-state index is 4.51. The molecule has 1 heterocycles. The highest BCUT2D eigenvalue weighted by atomic mass is 127. The Balaban J connectivity index is 2.24. The van der Waals surface area contributed by atoms with Crippen molar-refractivity contribution in [2.75, 3.05) is 7.05 Å². The number of imidazole rings is 1. The van der Waals surface area contributed by atoms with Crippen LogP contribution in [-0.4, -0.2) is 16.6 Å². The standard InChI is InChI=1S/C15H19BrIN3/c1-3-7-20-8-6-19-15(20)10-14(18-2)12-9-11(16)4-5-13(12)17/h4-6,8-9,14,18H,3,7,10H2,1-2H3. The van der Waals surface area contributed by atoms with Gasteiger partial charge in [0.1, 0.15) is 5.82 Å². The Labute approximate surface area is 142 Å². The first-order valence-electron chi connectivity index (χ1n) is 6.78. The summed E-state index contributed by atoms with van der Waals surface area (Å²) in [4.78, 5) is 4.51. The zero-order chi connectivity index (χ0) is 14.5. The van der Waals surface area contributed by atoms with Crippen LogP contribution in [-0.2, 0) is 13.0 Å². The van der Waals surface area contributed by atoms with Crippen LogP contribution in [0.2, 0.25) is 0 Å². The topological polar surface area (TPSA) is 29.9 Å². The number of halogens is 2. The fourth-order valence-corrected chi connectivity index (χ4v) is 3.40. The molecule has 0 saturated heterocycles. The molecule has 1 N–H and O–H groups in total. The summed E-state index contributed by atoms with van der Waals surface area (Å²) in [5.41, 5.74) is 1.31. The SMILES string of the molecule is CCCn1ccnc1CC(NC)c1cc(Br)ccc1I. The van der Waals surface area contributed by atoms with Gasteiger partial charge < -0.3 is 9.88 Å². The largest absolute Gasteiger partial charge is 0.335 e. The molecule has 0 bridgehead atoms. The molecule has 5 heteroatoms. The van der Waals surface area contributed by atoms with Gasteiger partial charge in [0.15, 0.2) is 0 Å². The molecule has 0 saturated carbocycles. The molecule has 1 aromatic carbocycles. The van der Waals surface area contributed by atoms with E-state index in [4.69, 9.17) is 0 Å². The summed E-state index contributed by atoms with van der Waals surface area (Å²) < 4.78 is 4.64. The molecule has 0 aliphatic heterocycles. The summed E-state index contributed by atoms with van der Waals surface area (Å²) in [6.45, 7) is 3.22. The molecule has 0 aliphatic rings. The molecule has 0 fully saturated rings. The van der Waals surface area contributed by atoms with Crippen molar-refractivity contribution >= 4 is 38.5 Å². The molecule has 0 radical (unpaired) electrons. The fourth-order valence-electron chi connectivity index (χ4n) is 2.31. The maximum Gasteiger partial charge on any atom is 0.110 e. The maximum atomic E-state index is 4.51. The summed E-state index contributed by atoms with van der Waals surface area (Å²) in [6, 6.07) is 6.69. The van der Waals surface area contributed by atoms with Crippen LogP contribution >= 0.6 is 38.5 Å². The number of benzene rings is 1. The van der Waals surface area contributed by atoms with Gasteiger partial charge in [0, 0.05) is 39.4 Å². The molecule has 2 aromatic rings. The monoisotopic (exact) mass is 447 g/mol. The molecule has 2 rings (SSSR count). The number of hydrogen-bond donors (Lipinski definition) is 1. The first-order valence-corrected chi connectivity index (χ1v) is 8.65. The van der Waals surface area contributed by atoms with Crippen LogP contribution in [0.1, 0.15) is 30.8 Å². The Bertz CT molecular complexity index is 568. The minimum absolute atomic E-state index is 0.275. The van der Waals surface area contributed by atoms with Gasteiger partial charge in [-0.25, -0.2) is 4.98 Å². The average molecular weight is 448 g/mol. The van der Waals surface area contributed by atoms with Gasteiger partial charge in [-0.3, -0.25) is 0 Å². The first-order chi connectivity index (χ1) is 9.65. The second-order valence-electron chi connectivity index (χ2n) is 4.75. The lowest BCUT2D eigenvalue weighted by atomic mass is 10.0. The Morgan fingerprint density at radius 3 is 2.95 bits per heavy atom. The lowest BCUT2D eigenvalue weighted by molar-refractivity contribution is 0.541. The molecule has 3 nitrogen and oxygen atoms in total. The zero-order valence-electron chi connectivity index (χ0n) is 11.7. The number of nitrogens with zero attached hydrogens (tertiary/aromatic N) is 2. The molecule has 0 amide bonds. The van der Waals surface area contributed by atoms with E-state index in [0.717, 1.165) is 29.7 Å². The third-order valence-electron chi connectivity index (χ3n) is 3.33. The molecular weight excluding hydrogens is 429 g/mol. The minimum Gasteiger partial charge on any atom is -0.335 e. The van der Waals surface area contributed by atoms with Crippen molar-refractivity contribution in [2.24, 2.45) is 0 Å². The minimum atomic E-state index is 0.275. The Morgan fingerprint density at radius 2 is 2.25 bits per heavy atom. The average Bonchev–Trinajstić information content (AvgIpc) is 2.87. The fraction of sp³-hybridized carbons (Fsp3) is 0.400. The molecule has 0 spiro atoms. The molecule has 1 aromatic heterocycles. The summed E-state index contributed by atoms with van der Waals surface area (Å²) in [6.07, 6.45) is 5.99. The smallest absolute Gasteiger partial charge is 0.110 e. The Kier molecular flexibility index (Phi) is 6.04. The molecule has 20 heavy (non-hydrogen) atoms. The second kappa shape index (κ2) is 7.56. The zero-order valence-corrected chi connectivity index (χ0v) is 15.5. The first kappa shape index (κ1) is 16.0. The van der Waals surface area contributed by atoms with Crippen molar-refractivity contribution in [1.29, 1.82) is 0 Å². The number of rotatable bonds is 6. The molecule has 1 unspecified atom stereocenters. The van der Waals surface area contributed by atoms with Gasteiger partial charge >= 0.3 is 0 Å². The lowest BCUT2D eigenvalue weighted by Gasteiger charge is -2.19. The van der Waals surface area contributed by atoms with Crippen LogP contribution in [0.15, 0.2) is 35.1 Å². The van der Waals surface area contributed by atoms with Crippen molar-refractivity contribution in [3.8, 4) is 0 Å². The van der Waals surface area contributed by atoms with Crippen molar-refractivity contribution in [1.82, 2.24) is 14.9 Å². The van der Waals surface area contributed by atoms with E-state index in [1.165, 1.54) is 9.13 Å². The van der Waals surface area contributed by atoms with Gasteiger partial charge in [0.25, 0.3) is 0 Å². The van der Waals surface area contributed by atoms with Gasteiger partial charge in [0.2, 0.25) is 0 Å². The van der Waals surface area contributed by atoms with Gasteiger partial charge in [-0.05, 0) is 59.8 Å². The van der Waals surface area contributed by atoms with E-state index in [1.54, 1.807) is 0 Å². The molecule has 0 aliphatic carbocycles. The van der Waals surface area contributed by atoms with E-state index < -0.39 is 0 Å². The van der Waals surface area contributed by atoms with E-state index in [1.807, 2.05) is 13.2 Å². The number of aromatic nitrogens is 2. The van der Waals surface area contributed by atoms with E-state index in [0.29, 0.717) is 0 Å². The van der Waals surface area contributed by atoms with Crippen molar-refractivity contribution in [3.63, 3.8) is 0 Å². The van der Waals surface area contributed by atoms with Gasteiger partial charge in [-0.2, -0.15) is 0 Å². The quantitative estimate of drug-likeness (QED) is 0.673. The summed E-state index contributed by atoms with van der Waals surface area (Å²) in [7, 11) is 2.01. The number of hydrogen-bond acceptors (Lipinski definition) is 2. The van der Waals surface area contributed by atoms with Crippen LogP contribution in [0.25, 0.3) is 0 Å². The molecule has 1 atom stereocenters. The highest BCUT2D eigenvalue weighted by molar-refractivity contribution is 14.1. The van der Waals surface area contributed by atoms with E-state index >= 15 is 0 Å². The van der Waals surface area contributed by atoms with Crippen molar-refractivity contribution < 1.29 is 0 Å². The highest BCUT2D eigenvalue weighted by Crippen LogP contribution is 2.26. The van der Waals surface area contributed by atoms with Crippen LogP contribution in [0.5, 0.6) is 0 Å². The lowest BCUT2D eigenvalue weighted by Crippen LogP contribution is -2.22. The third-order valence-corrected chi connectivity index (χ3v) is 4.81. The van der Waals surface area contributed by atoms with Gasteiger partial charge in [-0.15, -0.1) is 0 Å². The van der Waals surface area contributed by atoms with Crippen molar-refractivity contribution in [3.05, 3.63) is 50.0 Å². The van der Waals surface area contributed by atoms with Crippen molar-refractivity contribution in [2.45, 2.75) is 32.4 Å². The molecule has 108 valence electrons. The van der Waals surface area contributed by atoms with E-state index in [2.05, 4.69) is 84.7 Å². The van der Waals surface area contributed by atoms with Crippen LogP contribution < -0.4 is 5.32 Å². The Morgan fingerprint density at radius 1 is 1.45 bits per heavy atom.